The molecule has 3 aromatic rings. The fraction of sp³-hybridized carbons (Fsp3) is 0.190. The van der Waals surface area contributed by atoms with Crippen LogP contribution in [0, 0.1) is 0 Å². The first-order valence-corrected chi connectivity index (χ1v) is 12.0. The number of methoxy groups -OCH3 is 1. The van der Waals surface area contributed by atoms with E-state index in [2.05, 4.69) is 4.99 Å². The van der Waals surface area contributed by atoms with Gasteiger partial charge in [0.05, 0.1) is 22.2 Å². The van der Waals surface area contributed by atoms with E-state index < -0.39 is 21.7 Å². The van der Waals surface area contributed by atoms with E-state index in [1.54, 1.807) is 30.3 Å². The summed E-state index contributed by atoms with van der Waals surface area (Å²) in [5, 5.41) is 0. The van der Waals surface area contributed by atoms with Crippen LogP contribution in [-0.2, 0) is 30.7 Å². The average Bonchev–Trinajstić information content (AvgIpc) is 3.35. The Morgan fingerprint density at radius 1 is 1.19 bits per heavy atom. The fourth-order valence-corrected chi connectivity index (χ4v) is 4.83. The fourth-order valence-electron chi connectivity index (χ4n) is 3.03. The lowest BCUT2D eigenvalue weighted by atomic mass is 10.2. The van der Waals surface area contributed by atoms with Crippen LogP contribution in [-0.4, -0.2) is 45.0 Å². The van der Waals surface area contributed by atoms with Crippen molar-refractivity contribution in [2.75, 3.05) is 20.2 Å². The van der Waals surface area contributed by atoms with Gasteiger partial charge in [-0.05, 0) is 42.0 Å². The number of carbonyl (C=O) groups excluding carboxylic acids is 2. The monoisotopic (exact) mass is 474 g/mol. The van der Waals surface area contributed by atoms with Crippen molar-refractivity contribution in [3.05, 3.63) is 52.8 Å². The number of carbonyl (C=O) groups is 2. The molecule has 166 valence electrons. The van der Waals surface area contributed by atoms with Gasteiger partial charge in [-0.25, -0.2) is 8.42 Å². The molecule has 2 aromatic carbocycles. The molecule has 0 radical (unpaired) electrons. The molecule has 1 aliphatic heterocycles. The van der Waals surface area contributed by atoms with E-state index >= 15 is 0 Å². The first-order valence-electron chi connectivity index (χ1n) is 9.31. The van der Waals surface area contributed by atoms with Gasteiger partial charge in [-0.15, -0.1) is 0 Å². The lowest BCUT2D eigenvalue weighted by molar-refractivity contribution is -0.141. The van der Waals surface area contributed by atoms with Gasteiger partial charge in [0, 0.05) is 12.3 Å². The number of benzene rings is 2. The average molecular weight is 475 g/mol. The number of aromatic nitrogens is 1. The number of thiazole rings is 1. The molecule has 32 heavy (non-hydrogen) atoms. The maximum atomic E-state index is 12.5. The SMILES string of the molecule is COC(=O)Cn1c(=NC(=O)C=Cc2ccc3c(c2)OCO3)sc2cc(S(C)(=O)=O)ccc21. The number of sulfone groups is 1. The molecule has 0 unspecified atom stereocenters. The van der Waals surface area contributed by atoms with Crippen LogP contribution < -0.4 is 14.3 Å². The lowest BCUT2D eigenvalue weighted by Gasteiger charge is -2.04. The van der Waals surface area contributed by atoms with E-state index in [9.17, 15) is 18.0 Å². The van der Waals surface area contributed by atoms with Crippen LogP contribution >= 0.6 is 11.3 Å². The number of esters is 1. The molecule has 0 N–H and O–H groups in total. The predicted octanol–water partition coefficient (Wildman–Crippen LogP) is 2.15. The van der Waals surface area contributed by atoms with Crippen LogP contribution in [0.15, 0.2) is 52.4 Å². The summed E-state index contributed by atoms with van der Waals surface area (Å²) >= 11 is 1.11. The molecule has 0 saturated carbocycles. The second kappa shape index (κ2) is 8.60. The minimum absolute atomic E-state index is 0.136. The predicted molar refractivity (Wildman–Crippen MR) is 117 cm³/mol. The molecule has 4 rings (SSSR count). The van der Waals surface area contributed by atoms with Crippen molar-refractivity contribution in [2.45, 2.75) is 11.4 Å². The van der Waals surface area contributed by atoms with Gasteiger partial charge in [0.2, 0.25) is 6.79 Å². The third-order valence-corrected chi connectivity index (χ3v) is 6.77. The number of hydrogen-bond acceptors (Lipinski definition) is 8. The van der Waals surface area contributed by atoms with Gasteiger partial charge in [0.25, 0.3) is 5.91 Å². The standard InChI is InChI=1S/C21H18N2O7S2/c1-28-20(25)11-23-15-6-5-14(32(2,26)27)10-18(15)31-21(23)22-19(24)8-4-13-3-7-16-17(9-13)30-12-29-16/h3-10H,11-12H2,1-2H3. The maximum absolute atomic E-state index is 12.5. The summed E-state index contributed by atoms with van der Waals surface area (Å²) in [6.45, 7) is -0.0172. The molecule has 2 heterocycles. The van der Waals surface area contributed by atoms with Gasteiger partial charge in [-0.2, -0.15) is 4.99 Å². The molecule has 0 bridgehead atoms. The molecular weight excluding hydrogens is 456 g/mol. The number of amides is 1. The molecule has 1 aromatic heterocycles. The second-order valence-corrected chi connectivity index (χ2v) is 9.87. The highest BCUT2D eigenvalue weighted by atomic mass is 32.2. The van der Waals surface area contributed by atoms with Crippen molar-refractivity contribution in [1.82, 2.24) is 4.57 Å². The normalized spacial score (nSPS) is 13.8. The Morgan fingerprint density at radius 2 is 1.97 bits per heavy atom. The van der Waals surface area contributed by atoms with E-state index in [1.807, 2.05) is 0 Å². The van der Waals surface area contributed by atoms with Crippen molar-refractivity contribution >= 4 is 49.3 Å². The van der Waals surface area contributed by atoms with Crippen LogP contribution in [0.4, 0.5) is 0 Å². The van der Waals surface area contributed by atoms with Crippen molar-refractivity contribution < 1.29 is 32.2 Å². The smallest absolute Gasteiger partial charge is 0.325 e. The molecule has 0 fully saturated rings. The topological polar surface area (TPSA) is 113 Å². The largest absolute Gasteiger partial charge is 0.468 e. The highest BCUT2D eigenvalue weighted by molar-refractivity contribution is 7.90. The molecule has 1 amide bonds. The zero-order chi connectivity index (χ0) is 22.9. The van der Waals surface area contributed by atoms with Crippen molar-refractivity contribution in [1.29, 1.82) is 0 Å². The number of hydrogen-bond donors (Lipinski definition) is 0. The van der Waals surface area contributed by atoms with Gasteiger partial charge in [0.1, 0.15) is 6.54 Å². The van der Waals surface area contributed by atoms with E-state index in [1.165, 1.54) is 29.9 Å². The number of nitrogens with zero attached hydrogens (tertiary/aromatic N) is 2. The zero-order valence-electron chi connectivity index (χ0n) is 17.1. The lowest BCUT2D eigenvalue weighted by Crippen LogP contribution is -2.22. The van der Waals surface area contributed by atoms with E-state index in [4.69, 9.17) is 14.2 Å². The minimum Gasteiger partial charge on any atom is -0.468 e. The van der Waals surface area contributed by atoms with Crippen LogP contribution in [0.5, 0.6) is 11.5 Å². The number of rotatable bonds is 5. The minimum atomic E-state index is -3.41. The quantitative estimate of drug-likeness (QED) is 0.411. The Bertz CT molecular complexity index is 1430. The second-order valence-electron chi connectivity index (χ2n) is 6.84. The van der Waals surface area contributed by atoms with Crippen molar-refractivity contribution in [2.24, 2.45) is 4.99 Å². The van der Waals surface area contributed by atoms with Crippen LogP contribution in [0.1, 0.15) is 5.56 Å². The summed E-state index contributed by atoms with van der Waals surface area (Å²) < 4.78 is 41.2. The van der Waals surface area contributed by atoms with Crippen LogP contribution in [0.2, 0.25) is 0 Å². The molecule has 9 nitrogen and oxygen atoms in total. The Kier molecular flexibility index (Phi) is 5.85. The molecule has 11 heteroatoms. The van der Waals surface area contributed by atoms with Crippen LogP contribution in [0.3, 0.4) is 0 Å². The van der Waals surface area contributed by atoms with Crippen molar-refractivity contribution in [3.8, 4) is 11.5 Å². The van der Waals surface area contributed by atoms with Crippen molar-refractivity contribution in [3.63, 3.8) is 0 Å². The van der Waals surface area contributed by atoms with Gasteiger partial charge in [0.15, 0.2) is 26.1 Å². The van der Waals surface area contributed by atoms with Gasteiger partial charge in [-0.1, -0.05) is 17.4 Å². The van der Waals surface area contributed by atoms with E-state index in [0.29, 0.717) is 21.7 Å². The van der Waals surface area contributed by atoms with Gasteiger partial charge >= 0.3 is 5.97 Å². The number of ether oxygens (including phenoxy) is 3. The van der Waals surface area contributed by atoms with Crippen LogP contribution in [0.25, 0.3) is 16.3 Å². The van der Waals surface area contributed by atoms with E-state index in [-0.39, 0.29) is 23.0 Å². The summed E-state index contributed by atoms with van der Waals surface area (Å²) in [5.74, 6) is 0.164. The summed E-state index contributed by atoms with van der Waals surface area (Å²) in [5.41, 5.74) is 1.30. The Morgan fingerprint density at radius 3 is 2.72 bits per heavy atom. The van der Waals surface area contributed by atoms with E-state index in [0.717, 1.165) is 23.2 Å². The maximum Gasteiger partial charge on any atom is 0.325 e. The Hall–Kier alpha value is -3.44. The summed E-state index contributed by atoms with van der Waals surface area (Å²) in [7, 11) is -2.16. The summed E-state index contributed by atoms with van der Waals surface area (Å²) in [6, 6.07) is 9.80. The molecule has 0 atom stereocenters. The Labute approximate surface area is 187 Å². The highest BCUT2D eigenvalue weighted by Crippen LogP contribution is 2.32. The third-order valence-electron chi connectivity index (χ3n) is 4.62. The third kappa shape index (κ3) is 4.58. The molecule has 0 saturated heterocycles. The molecular formula is C21H18N2O7S2. The highest BCUT2D eigenvalue weighted by Gasteiger charge is 2.15. The summed E-state index contributed by atoms with van der Waals surface area (Å²) in [4.78, 5) is 28.9. The Balaban J connectivity index is 1.71. The van der Waals surface area contributed by atoms with Gasteiger partial charge in [-0.3, -0.25) is 9.59 Å². The molecule has 0 aliphatic carbocycles. The molecule has 1 aliphatic rings. The van der Waals surface area contributed by atoms with Gasteiger partial charge < -0.3 is 18.8 Å². The molecule has 0 spiro atoms. The number of fused-ring (bicyclic) bond motifs is 2. The first-order chi connectivity index (χ1) is 15.2. The first kappa shape index (κ1) is 21.8. The summed E-state index contributed by atoms with van der Waals surface area (Å²) in [6.07, 6.45) is 4.00. The zero-order valence-corrected chi connectivity index (χ0v) is 18.7.